The molecular weight excluding hydrogens is 425 g/mol. The number of halogens is 1. The number of nitrogens with zero attached hydrogens (tertiary/aromatic N) is 7. The van der Waals surface area contributed by atoms with Crippen LogP contribution in [-0.2, 0) is 11.8 Å². The third kappa shape index (κ3) is 4.51. The number of piperazine rings is 1. The van der Waals surface area contributed by atoms with Gasteiger partial charge in [-0.2, -0.15) is 10.2 Å². The zero-order valence-electron chi connectivity index (χ0n) is 18.5. The summed E-state index contributed by atoms with van der Waals surface area (Å²) in [5.41, 5.74) is 2.95. The minimum atomic E-state index is -0.301. The Balaban J connectivity index is 1.24. The molecular formula is C23H26FN7O2. The molecule has 0 bridgehead atoms. The number of carbonyl (C=O) groups excluding carboxylic acids is 1. The maximum absolute atomic E-state index is 13.2. The summed E-state index contributed by atoms with van der Waals surface area (Å²) in [6.07, 6.45) is 1.78. The Morgan fingerprint density at radius 2 is 1.70 bits per heavy atom. The van der Waals surface area contributed by atoms with Gasteiger partial charge in [-0.25, -0.2) is 4.39 Å². The number of morpholine rings is 1. The molecule has 9 nitrogen and oxygen atoms in total. The van der Waals surface area contributed by atoms with Crippen molar-refractivity contribution in [3.05, 3.63) is 54.1 Å². The van der Waals surface area contributed by atoms with Crippen LogP contribution in [0.2, 0.25) is 0 Å². The second kappa shape index (κ2) is 9.14. The highest BCUT2D eigenvalue weighted by Gasteiger charge is 2.26. The van der Waals surface area contributed by atoms with Crippen molar-refractivity contribution < 1.29 is 13.9 Å². The van der Waals surface area contributed by atoms with Crippen molar-refractivity contribution in [1.82, 2.24) is 24.9 Å². The number of hydrogen-bond donors (Lipinski definition) is 0. The maximum atomic E-state index is 13.2. The first-order valence-electron chi connectivity index (χ1n) is 11.1. The van der Waals surface area contributed by atoms with Crippen LogP contribution >= 0.6 is 0 Å². The molecule has 2 aliphatic rings. The summed E-state index contributed by atoms with van der Waals surface area (Å²) in [7, 11) is 1.76. The number of rotatable bonds is 4. The molecule has 2 fully saturated rings. The number of aromatic nitrogens is 4. The van der Waals surface area contributed by atoms with Crippen molar-refractivity contribution in [3.8, 4) is 11.3 Å². The number of amides is 1. The first-order chi connectivity index (χ1) is 16.1. The van der Waals surface area contributed by atoms with Gasteiger partial charge < -0.3 is 19.4 Å². The van der Waals surface area contributed by atoms with Crippen LogP contribution in [0.5, 0.6) is 0 Å². The van der Waals surface area contributed by atoms with E-state index in [-0.39, 0.29) is 11.7 Å². The van der Waals surface area contributed by atoms with Gasteiger partial charge in [0, 0.05) is 57.9 Å². The van der Waals surface area contributed by atoms with Crippen molar-refractivity contribution in [1.29, 1.82) is 0 Å². The molecule has 4 heterocycles. The molecule has 0 spiro atoms. The van der Waals surface area contributed by atoms with E-state index < -0.39 is 0 Å². The molecule has 0 N–H and O–H groups in total. The summed E-state index contributed by atoms with van der Waals surface area (Å²) in [6, 6.07) is 9.94. The van der Waals surface area contributed by atoms with Gasteiger partial charge in [-0.1, -0.05) is 0 Å². The van der Waals surface area contributed by atoms with Crippen molar-refractivity contribution in [2.75, 3.05) is 62.3 Å². The van der Waals surface area contributed by atoms with E-state index in [0.717, 1.165) is 30.2 Å². The summed E-state index contributed by atoms with van der Waals surface area (Å²) >= 11 is 0. The zero-order valence-corrected chi connectivity index (χ0v) is 18.5. The SMILES string of the molecule is Cn1nc(-c2ccc(F)cc2)cc1C(=O)N1CCN(c2cnnc(N3CCOCC3)c2)CC1. The smallest absolute Gasteiger partial charge is 0.272 e. The third-order valence-electron chi connectivity index (χ3n) is 6.13. The van der Waals surface area contributed by atoms with Crippen molar-refractivity contribution in [3.63, 3.8) is 0 Å². The number of hydrogen-bond acceptors (Lipinski definition) is 7. The first-order valence-corrected chi connectivity index (χ1v) is 11.1. The summed E-state index contributed by atoms with van der Waals surface area (Å²) in [5, 5.41) is 12.9. The van der Waals surface area contributed by atoms with E-state index in [2.05, 4.69) is 31.2 Å². The van der Waals surface area contributed by atoms with Gasteiger partial charge in [-0.05, 0) is 30.3 Å². The van der Waals surface area contributed by atoms with Crippen LogP contribution in [0.15, 0.2) is 42.6 Å². The molecule has 1 aromatic carbocycles. The number of aryl methyl sites for hydroxylation is 1. The topological polar surface area (TPSA) is 79.6 Å². The Morgan fingerprint density at radius 3 is 2.42 bits per heavy atom. The van der Waals surface area contributed by atoms with Crippen LogP contribution in [0.3, 0.4) is 0 Å². The second-order valence-electron chi connectivity index (χ2n) is 8.20. The average molecular weight is 452 g/mol. The largest absolute Gasteiger partial charge is 0.378 e. The molecule has 2 aliphatic heterocycles. The van der Waals surface area contributed by atoms with Crippen LogP contribution in [0.1, 0.15) is 10.5 Å². The monoisotopic (exact) mass is 451 g/mol. The number of benzene rings is 1. The number of carbonyl (C=O) groups is 1. The highest BCUT2D eigenvalue weighted by molar-refractivity contribution is 5.94. The van der Waals surface area contributed by atoms with Crippen LogP contribution in [0.25, 0.3) is 11.3 Å². The van der Waals surface area contributed by atoms with Crippen molar-refractivity contribution >= 4 is 17.4 Å². The summed E-state index contributed by atoms with van der Waals surface area (Å²) in [5.74, 6) is 0.502. The fourth-order valence-corrected chi connectivity index (χ4v) is 4.22. The van der Waals surface area contributed by atoms with Gasteiger partial charge in [-0.3, -0.25) is 9.48 Å². The fraction of sp³-hybridized carbons (Fsp3) is 0.391. The van der Waals surface area contributed by atoms with Gasteiger partial charge in [0.1, 0.15) is 11.5 Å². The van der Waals surface area contributed by atoms with Gasteiger partial charge in [0.05, 0.1) is 30.8 Å². The van der Waals surface area contributed by atoms with Crippen molar-refractivity contribution in [2.45, 2.75) is 0 Å². The Kier molecular flexibility index (Phi) is 5.91. The molecule has 1 amide bonds. The van der Waals surface area contributed by atoms with E-state index in [4.69, 9.17) is 4.74 Å². The van der Waals surface area contributed by atoms with Crippen LogP contribution in [0, 0.1) is 5.82 Å². The van der Waals surface area contributed by atoms with Gasteiger partial charge in [0.2, 0.25) is 0 Å². The zero-order chi connectivity index (χ0) is 22.8. The predicted molar refractivity (Wildman–Crippen MR) is 122 cm³/mol. The second-order valence-corrected chi connectivity index (χ2v) is 8.20. The molecule has 0 aliphatic carbocycles. The molecule has 0 unspecified atom stereocenters. The molecule has 5 rings (SSSR count). The Labute approximate surface area is 191 Å². The van der Waals surface area contributed by atoms with Gasteiger partial charge >= 0.3 is 0 Å². The third-order valence-corrected chi connectivity index (χ3v) is 6.13. The molecule has 3 aromatic rings. The molecule has 0 atom stereocenters. The summed E-state index contributed by atoms with van der Waals surface area (Å²) in [4.78, 5) is 19.4. The maximum Gasteiger partial charge on any atom is 0.272 e. The molecule has 2 aromatic heterocycles. The Morgan fingerprint density at radius 1 is 0.970 bits per heavy atom. The Bertz CT molecular complexity index is 1120. The van der Waals surface area contributed by atoms with Crippen LogP contribution < -0.4 is 9.80 Å². The first kappa shape index (κ1) is 21.3. The van der Waals surface area contributed by atoms with Gasteiger partial charge in [0.25, 0.3) is 5.91 Å². The average Bonchev–Trinajstić information content (AvgIpc) is 3.26. The lowest BCUT2D eigenvalue weighted by Crippen LogP contribution is -2.49. The van der Waals surface area contributed by atoms with Crippen LogP contribution in [-0.4, -0.2) is 83.3 Å². The fourth-order valence-electron chi connectivity index (χ4n) is 4.22. The standard InChI is InChI=1S/C23H26FN7O2/c1-28-21(15-20(27-28)17-2-4-18(24)5-3-17)23(32)31-8-6-29(7-9-31)19-14-22(26-25-16-19)30-10-12-33-13-11-30/h2-5,14-16H,6-13H2,1H3. The lowest BCUT2D eigenvalue weighted by molar-refractivity contribution is 0.0735. The molecule has 0 radical (unpaired) electrons. The highest BCUT2D eigenvalue weighted by Crippen LogP contribution is 2.23. The predicted octanol–water partition coefficient (Wildman–Crippen LogP) is 1.82. The van der Waals surface area contributed by atoms with E-state index in [1.807, 2.05) is 4.90 Å². The quantitative estimate of drug-likeness (QED) is 0.599. The molecule has 33 heavy (non-hydrogen) atoms. The normalized spacial score (nSPS) is 16.8. The minimum Gasteiger partial charge on any atom is -0.378 e. The number of anilines is 2. The van der Waals surface area contributed by atoms with E-state index in [9.17, 15) is 9.18 Å². The van der Waals surface area contributed by atoms with E-state index in [1.165, 1.54) is 12.1 Å². The summed E-state index contributed by atoms with van der Waals surface area (Å²) in [6.45, 7) is 5.64. The summed E-state index contributed by atoms with van der Waals surface area (Å²) < 4.78 is 20.2. The lowest BCUT2D eigenvalue weighted by atomic mass is 10.1. The van der Waals surface area contributed by atoms with E-state index in [1.54, 1.807) is 36.1 Å². The lowest BCUT2D eigenvalue weighted by Gasteiger charge is -2.36. The van der Waals surface area contributed by atoms with E-state index in [0.29, 0.717) is 50.8 Å². The molecule has 172 valence electrons. The van der Waals surface area contributed by atoms with Gasteiger partial charge in [0.15, 0.2) is 5.82 Å². The highest BCUT2D eigenvalue weighted by atomic mass is 19.1. The minimum absolute atomic E-state index is 0.0557. The molecule has 10 heteroatoms. The Hall–Kier alpha value is -3.53. The van der Waals surface area contributed by atoms with Gasteiger partial charge in [-0.15, -0.1) is 5.10 Å². The molecule has 0 saturated carbocycles. The molecule has 2 saturated heterocycles. The number of ether oxygens (including phenoxy) is 1. The van der Waals surface area contributed by atoms with Crippen molar-refractivity contribution in [2.24, 2.45) is 7.05 Å². The van der Waals surface area contributed by atoms with E-state index >= 15 is 0 Å². The van der Waals surface area contributed by atoms with Crippen LogP contribution in [0.4, 0.5) is 15.9 Å².